The van der Waals surface area contributed by atoms with Crippen molar-refractivity contribution in [3.8, 4) is 0 Å². The quantitative estimate of drug-likeness (QED) is 0.532. The molecule has 0 saturated heterocycles. The molecule has 8 nitrogen and oxygen atoms in total. The van der Waals surface area contributed by atoms with Crippen LogP contribution in [-0.4, -0.2) is 49.2 Å². The summed E-state index contributed by atoms with van der Waals surface area (Å²) in [6.07, 6.45) is -0.747. The number of carbonyl (C=O) groups is 3. The number of nitrogens with two attached hydrogens (primary N) is 1. The van der Waals surface area contributed by atoms with Crippen LogP contribution in [-0.2, 0) is 14.3 Å². The van der Waals surface area contributed by atoms with Gasteiger partial charge in [-0.2, -0.15) is 0 Å². The van der Waals surface area contributed by atoms with E-state index >= 15 is 0 Å². The van der Waals surface area contributed by atoms with E-state index in [0.717, 1.165) is 0 Å². The molecular weight excluding hydrogens is 278 g/mol. The van der Waals surface area contributed by atoms with Crippen molar-refractivity contribution in [2.45, 2.75) is 6.10 Å². The number of ether oxygens (including phenoxy) is 1. The first-order valence-electron chi connectivity index (χ1n) is 6.11. The molecular formula is C13H17N3O5. The Hall–Kier alpha value is -2.45. The first kappa shape index (κ1) is 16.6. The molecule has 2 amide bonds. The lowest BCUT2D eigenvalue weighted by atomic mass is 10.2. The van der Waals surface area contributed by atoms with Crippen molar-refractivity contribution in [2.24, 2.45) is 5.73 Å². The molecule has 1 aromatic carbocycles. The first-order valence-corrected chi connectivity index (χ1v) is 6.11. The summed E-state index contributed by atoms with van der Waals surface area (Å²) in [6, 6.07) is 5.99. The molecule has 114 valence electrons. The lowest BCUT2D eigenvalue weighted by molar-refractivity contribution is -0.135. The van der Waals surface area contributed by atoms with Gasteiger partial charge in [0.05, 0.1) is 0 Å². The molecule has 0 aliphatic carbocycles. The predicted octanol–water partition coefficient (Wildman–Crippen LogP) is -0.587. The van der Waals surface area contributed by atoms with Gasteiger partial charge in [-0.25, -0.2) is 0 Å². The van der Waals surface area contributed by atoms with Crippen molar-refractivity contribution in [3.05, 3.63) is 29.8 Å². The van der Waals surface area contributed by atoms with Crippen LogP contribution in [0, 0.1) is 0 Å². The summed E-state index contributed by atoms with van der Waals surface area (Å²) in [7, 11) is 1.38. The molecule has 0 radical (unpaired) electrons. The van der Waals surface area contributed by atoms with E-state index in [9.17, 15) is 14.4 Å². The Bertz CT molecular complexity index is 511. The molecule has 1 atom stereocenters. The Morgan fingerprint density at radius 1 is 1.29 bits per heavy atom. The van der Waals surface area contributed by atoms with Crippen LogP contribution in [0.25, 0.3) is 0 Å². The first-order chi connectivity index (χ1) is 9.97. The van der Waals surface area contributed by atoms with E-state index in [1.165, 1.54) is 31.4 Å². The Morgan fingerprint density at radius 2 is 1.90 bits per heavy atom. The van der Waals surface area contributed by atoms with Crippen LogP contribution >= 0.6 is 0 Å². The molecule has 1 rings (SSSR count). The maximum absolute atomic E-state index is 11.7. The van der Waals surface area contributed by atoms with Crippen molar-refractivity contribution in [3.63, 3.8) is 0 Å². The molecule has 0 bridgehead atoms. The van der Waals surface area contributed by atoms with Crippen LogP contribution < -0.4 is 16.4 Å². The number of aliphatic carboxylic acids is 1. The summed E-state index contributed by atoms with van der Waals surface area (Å²) in [5, 5.41) is 13.3. The Balaban J connectivity index is 2.63. The van der Waals surface area contributed by atoms with Gasteiger partial charge in [-0.15, -0.1) is 0 Å². The van der Waals surface area contributed by atoms with Crippen LogP contribution in [0.5, 0.6) is 0 Å². The smallest absolute Gasteiger partial charge is 0.322 e. The summed E-state index contributed by atoms with van der Waals surface area (Å²) in [4.78, 5) is 33.6. The lowest BCUT2D eigenvalue weighted by Crippen LogP contribution is -2.35. The van der Waals surface area contributed by atoms with Gasteiger partial charge in [-0.05, 0) is 24.3 Å². The van der Waals surface area contributed by atoms with E-state index in [1.54, 1.807) is 0 Å². The summed E-state index contributed by atoms with van der Waals surface area (Å²) in [5.41, 5.74) is 6.14. The average molecular weight is 295 g/mol. The summed E-state index contributed by atoms with van der Waals surface area (Å²) in [5.74, 6) is -2.02. The highest BCUT2D eigenvalue weighted by atomic mass is 16.5. The monoisotopic (exact) mass is 295 g/mol. The van der Waals surface area contributed by atoms with Crippen molar-refractivity contribution in [2.75, 3.05) is 25.5 Å². The minimum atomic E-state index is -1.13. The number of carboxylic acids is 1. The number of nitrogens with one attached hydrogen (secondary N) is 2. The Morgan fingerprint density at radius 3 is 2.38 bits per heavy atom. The van der Waals surface area contributed by atoms with Crippen molar-refractivity contribution < 1.29 is 24.2 Å². The number of amides is 2. The fraction of sp³-hybridized carbons (Fsp3) is 0.308. The minimum absolute atomic E-state index is 0.0536. The maximum atomic E-state index is 11.7. The summed E-state index contributed by atoms with van der Waals surface area (Å²) < 4.78 is 4.89. The van der Waals surface area contributed by atoms with E-state index < -0.39 is 24.5 Å². The zero-order valence-electron chi connectivity index (χ0n) is 11.5. The number of hydrogen-bond donors (Lipinski definition) is 4. The third-order valence-corrected chi connectivity index (χ3v) is 2.61. The molecule has 1 aromatic rings. The zero-order chi connectivity index (χ0) is 15.8. The second-order valence-electron chi connectivity index (χ2n) is 4.10. The normalized spacial score (nSPS) is 11.5. The Kier molecular flexibility index (Phi) is 6.31. The fourth-order valence-electron chi connectivity index (χ4n) is 1.50. The highest BCUT2D eigenvalue weighted by Crippen LogP contribution is 2.10. The van der Waals surface area contributed by atoms with Crippen LogP contribution in [0.3, 0.4) is 0 Å². The molecule has 0 aliphatic heterocycles. The van der Waals surface area contributed by atoms with Gasteiger partial charge in [0.2, 0.25) is 0 Å². The van der Waals surface area contributed by atoms with E-state index in [0.29, 0.717) is 5.69 Å². The maximum Gasteiger partial charge on any atom is 0.322 e. The van der Waals surface area contributed by atoms with Gasteiger partial charge in [-0.1, -0.05) is 0 Å². The number of carboxylic acid groups (broad SMARTS) is 1. The lowest BCUT2D eigenvalue weighted by Gasteiger charge is -2.13. The van der Waals surface area contributed by atoms with E-state index in [4.69, 9.17) is 15.6 Å². The van der Waals surface area contributed by atoms with Gasteiger partial charge >= 0.3 is 5.97 Å². The SMILES string of the molecule is COC(CN)C(=O)Nc1ccc(C(=O)NCC(=O)O)cc1. The number of anilines is 1. The number of hydrogen-bond acceptors (Lipinski definition) is 5. The van der Waals surface area contributed by atoms with Gasteiger partial charge in [-0.3, -0.25) is 14.4 Å². The van der Waals surface area contributed by atoms with Crippen molar-refractivity contribution in [1.29, 1.82) is 0 Å². The molecule has 8 heteroatoms. The zero-order valence-corrected chi connectivity index (χ0v) is 11.5. The van der Waals surface area contributed by atoms with E-state index in [1.807, 2.05) is 0 Å². The Labute approximate surface area is 121 Å². The van der Waals surface area contributed by atoms with Gasteiger partial charge in [0.25, 0.3) is 11.8 Å². The fourth-order valence-corrected chi connectivity index (χ4v) is 1.50. The van der Waals surface area contributed by atoms with Crippen molar-refractivity contribution >= 4 is 23.5 Å². The largest absolute Gasteiger partial charge is 0.480 e. The number of benzene rings is 1. The molecule has 5 N–H and O–H groups in total. The van der Waals surface area contributed by atoms with Crippen LogP contribution in [0.2, 0.25) is 0 Å². The van der Waals surface area contributed by atoms with E-state index in [2.05, 4.69) is 10.6 Å². The molecule has 0 saturated carbocycles. The highest BCUT2D eigenvalue weighted by Gasteiger charge is 2.15. The molecule has 0 spiro atoms. The third-order valence-electron chi connectivity index (χ3n) is 2.61. The minimum Gasteiger partial charge on any atom is -0.480 e. The van der Waals surface area contributed by atoms with Crippen LogP contribution in [0.15, 0.2) is 24.3 Å². The van der Waals surface area contributed by atoms with Crippen molar-refractivity contribution in [1.82, 2.24) is 5.32 Å². The topological polar surface area (TPSA) is 131 Å². The van der Waals surface area contributed by atoms with Gasteiger partial charge in [0.15, 0.2) is 0 Å². The number of rotatable bonds is 7. The molecule has 21 heavy (non-hydrogen) atoms. The molecule has 1 unspecified atom stereocenters. The average Bonchev–Trinajstić information content (AvgIpc) is 2.46. The highest BCUT2D eigenvalue weighted by molar-refractivity contribution is 5.97. The number of carbonyl (C=O) groups excluding carboxylic acids is 2. The third kappa shape index (κ3) is 5.21. The molecule has 0 fully saturated rings. The number of methoxy groups -OCH3 is 1. The second kappa shape index (κ2) is 7.98. The molecule has 0 aromatic heterocycles. The summed E-state index contributed by atoms with van der Waals surface area (Å²) in [6.45, 7) is -0.401. The van der Waals surface area contributed by atoms with Crippen LogP contribution in [0.1, 0.15) is 10.4 Å². The molecule has 0 heterocycles. The standard InChI is InChI=1S/C13H17N3O5/c1-21-10(6-14)13(20)16-9-4-2-8(3-5-9)12(19)15-7-11(17)18/h2-5,10H,6-7,14H2,1H3,(H,15,19)(H,16,20)(H,17,18). The predicted molar refractivity (Wildman–Crippen MR) is 74.9 cm³/mol. The van der Waals surface area contributed by atoms with Gasteiger partial charge in [0, 0.05) is 24.9 Å². The van der Waals surface area contributed by atoms with Gasteiger partial charge < -0.3 is 26.2 Å². The van der Waals surface area contributed by atoms with Crippen LogP contribution in [0.4, 0.5) is 5.69 Å². The van der Waals surface area contributed by atoms with Gasteiger partial charge in [0.1, 0.15) is 12.6 Å². The second-order valence-corrected chi connectivity index (χ2v) is 4.10. The molecule has 0 aliphatic rings. The van der Waals surface area contributed by atoms with E-state index in [-0.39, 0.29) is 18.0 Å². The summed E-state index contributed by atoms with van der Waals surface area (Å²) >= 11 is 0.